The van der Waals surface area contributed by atoms with E-state index >= 15 is 0 Å². The summed E-state index contributed by atoms with van der Waals surface area (Å²) in [5.41, 5.74) is -0.399. The minimum Gasteiger partial charge on any atom is -0.379 e. The zero-order valence-electron chi connectivity index (χ0n) is 15.9. The van der Waals surface area contributed by atoms with Crippen LogP contribution in [-0.2, 0) is 15.2 Å². The third-order valence-corrected chi connectivity index (χ3v) is 7.10. The SMILES string of the molecule is O=C1C2C3c4ccccc4C(O)(c4c(Cl)cccc43)C2C(=O)N1c1c(F)cccc1F. The maximum Gasteiger partial charge on any atom is 0.241 e. The Hall–Kier alpha value is -3.09. The molecule has 3 aromatic carbocycles. The van der Waals surface area contributed by atoms with Gasteiger partial charge in [-0.25, -0.2) is 13.7 Å². The normalized spacial score (nSPS) is 27.9. The molecule has 2 amide bonds. The van der Waals surface area contributed by atoms with E-state index in [1.807, 2.05) is 0 Å². The van der Waals surface area contributed by atoms with Crippen LogP contribution in [0, 0.1) is 23.5 Å². The average Bonchev–Trinajstić information content (AvgIpc) is 3.01. The fourth-order valence-corrected chi connectivity index (χ4v) is 6.04. The maximum absolute atomic E-state index is 14.6. The Morgan fingerprint density at radius 3 is 2.26 bits per heavy atom. The third-order valence-electron chi connectivity index (χ3n) is 6.79. The van der Waals surface area contributed by atoms with Crippen LogP contribution in [0.25, 0.3) is 0 Å². The van der Waals surface area contributed by atoms with Crippen molar-refractivity contribution < 1.29 is 23.5 Å². The molecular weight excluding hydrogens is 424 g/mol. The Morgan fingerprint density at radius 2 is 1.52 bits per heavy atom. The van der Waals surface area contributed by atoms with E-state index in [4.69, 9.17) is 11.6 Å². The van der Waals surface area contributed by atoms with Crippen LogP contribution in [0.4, 0.5) is 14.5 Å². The highest BCUT2D eigenvalue weighted by Gasteiger charge is 2.69. The first kappa shape index (κ1) is 18.7. The number of carbonyl (C=O) groups excluding carboxylic acids is 2. The van der Waals surface area contributed by atoms with Crippen LogP contribution in [0.1, 0.15) is 28.2 Å². The van der Waals surface area contributed by atoms with Gasteiger partial charge in [-0.3, -0.25) is 9.59 Å². The van der Waals surface area contributed by atoms with Crippen LogP contribution in [0.5, 0.6) is 0 Å². The van der Waals surface area contributed by atoms with E-state index in [9.17, 15) is 23.5 Å². The fourth-order valence-electron chi connectivity index (χ4n) is 5.72. The third kappa shape index (κ3) is 2.07. The topological polar surface area (TPSA) is 57.6 Å². The van der Waals surface area contributed by atoms with Crippen LogP contribution in [-0.4, -0.2) is 16.9 Å². The smallest absolute Gasteiger partial charge is 0.241 e. The molecule has 3 aliphatic carbocycles. The molecule has 1 aliphatic heterocycles. The molecule has 1 heterocycles. The van der Waals surface area contributed by atoms with Gasteiger partial charge >= 0.3 is 0 Å². The molecule has 4 unspecified atom stereocenters. The van der Waals surface area contributed by atoms with Crippen LogP contribution >= 0.6 is 11.6 Å². The molecule has 4 nitrogen and oxygen atoms in total. The number of anilines is 1. The van der Waals surface area contributed by atoms with Crippen LogP contribution < -0.4 is 4.90 Å². The van der Waals surface area contributed by atoms with E-state index in [2.05, 4.69) is 0 Å². The summed E-state index contributed by atoms with van der Waals surface area (Å²) in [5.74, 6) is -6.43. The number of nitrogens with zero attached hydrogens (tertiary/aromatic N) is 1. The molecule has 1 fully saturated rings. The lowest BCUT2D eigenvalue weighted by Gasteiger charge is -2.51. The van der Waals surface area contributed by atoms with Gasteiger partial charge in [-0.05, 0) is 34.9 Å². The van der Waals surface area contributed by atoms with E-state index in [0.717, 1.165) is 18.2 Å². The summed E-state index contributed by atoms with van der Waals surface area (Å²) in [5, 5.41) is 12.4. The molecule has 0 radical (unpaired) electrons. The Bertz CT molecular complexity index is 1310. The van der Waals surface area contributed by atoms with Crippen LogP contribution in [0.2, 0.25) is 5.02 Å². The van der Waals surface area contributed by atoms with E-state index in [0.29, 0.717) is 27.2 Å². The number of imide groups is 1. The Labute approximate surface area is 180 Å². The van der Waals surface area contributed by atoms with Crippen molar-refractivity contribution in [1.29, 1.82) is 0 Å². The highest BCUT2D eigenvalue weighted by atomic mass is 35.5. The predicted molar refractivity (Wildman–Crippen MR) is 109 cm³/mol. The van der Waals surface area contributed by atoms with Gasteiger partial charge < -0.3 is 5.11 Å². The summed E-state index contributed by atoms with van der Waals surface area (Å²) >= 11 is 6.48. The molecule has 0 saturated carbocycles. The number of hydrogen-bond donors (Lipinski definition) is 1. The summed E-state index contributed by atoms with van der Waals surface area (Å²) in [6.45, 7) is 0. The van der Waals surface area contributed by atoms with Gasteiger partial charge in [-0.1, -0.05) is 54.1 Å². The largest absolute Gasteiger partial charge is 0.379 e. The predicted octanol–water partition coefficient (Wildman–Crippen LogP) is 4.12. The molecule has 4 atom stereocenters. The average molecular weight is 438 g/mol. The van der Waals surface area contributed by atoms with Gasteiger partial charge in [0.25, 0.3) is 0 Å². The second kappa shape index (κ2) is 5.99. The van der Waals surface area contributed by atoms with Crippen molar-refractivity contribution in [2.24, 2.45) is 11.8 Å². The van der Waals surface area contributed by atoms with Crippen molar-refractivity contribution in [3.05, 3.63) is 99.6 Å². The molecule has 7 rings (SSSR count). The molecule has 4 aliphatic rings. The second-order valence-corrected chi connectivity index (χ2v) is 8.53. The molecule has 7 heteroatoms. The van der Waals surface area contributed by atoms with Gasteiger partial charge in [0.15, 0.2) is 0 Å². The first-order valence-electron chi connectivity index (χ1n) is 9.80. The molecule has 154 valence electrons. The Balaban J connectivity index is 1.66. The summed E-state index contributed by atoms with van der Waals surface area (Å²) in [6.07, 6.45) is 0. The zero-order valence-corrected chi connectivity index (χ0v) is 16.6. The number of amides is 2. The summed E-state index contributed by atoms with van der Waals surface area (Å²) in [7, 11) is 0. The molecule has 1 saturated heterocycles. The van der Waals surface area contributed by atoms with Crippen LogP contribution in [0.15, 0.2) is 60.7 Å². The fraction of sp³-hybridized carbons (Fsp3) is 0.167. The van der Waals surface area contributed by atoms with E-state index in [1.165, 1.54) is 0 Å². The number of halogens is 3. The lowest BCUT2D eigenvalue weighted by molar-refractivity contribution is -0.133. The van der Waals surface area contributed by atoms with E-state index < -0.39 is 52.5 Å². The van der Waals surface area contributed by atoms with Crippen molar-refractivity contribution >= 4 is 29.1 Å². The van der Waals surface area contributed by atoms with Gasteiger partial charge in [0.1, 0.15) is 22.9 Å². The molecular formula is C24H14ClF2NO3. The molecule has 3 aromatic rings. The van der Waals surface area contributed by atoms with Gasteiger partial charge in [-0.2, -0.15) is 0 Å². The van der Waals surface area contributed by atoms with Gasteiger partial charge in [0, 0.05) is 16.5 Å². The van der Waals surface area contributed by atoms with Crippen LogP contribution in [0.3, 0.4) is 0 Å². The minimum absolute atomic E-state index is 0.272. The zero-order chi connectivity index (χ0) is 21.7. The lowest BCUT2D eigenvalue weighted by atomic mass is 9.52. The lowest BCUT2D eigenvalue weighted by Crippen LogP contribution is -2.53. The summed E-state index contributed by atoms with van der Waals surface area (Å²) < 4.78 is 29.1. The van der Waals surface area contributed by atoms with Crippen molar-refractivity contribution in [3.8, 4) is 0 Å². The standard InChI is InChI=1S/C24H14ClF2NO3/c25-14-8-3-6-12-17-11-5-1-2-7-13(11)24(31,19(12)14)20-18(17)22(29)28(23(20)30)21-15(26)9-4-10-16(21)27/h1-10,17-18,20,31H. The first-order chi connectivity index (χ1) is 14.9. The Kier molecular flexibility index (Phi) is 3.61. The van der Waals surface area contributed by atoms with Gasteiger partial charge in [-0.15, -0.1) is 0 Å². The second-order valence-electron chi connectivity index (χ2n) is 8.12. The van der Waals surface area contributed by atoms with E-state index in [1.54, 1.807) is 42.5 Å². The minimum atomic E-state index is -1.90. The van der Waals surface area contributed by atoms with Crippen molar-refractivity contribution in [1.82, 2.24) is 0 Å². The number of carbonyl (C=O) groups is 2. The maximum atomic E-state index is 14.6. The van der Waals surface area contributed by atoms with Crippen molar-refractivity contribution in [2.75, 3.05) is 4.90 Å². The monoisotopic (exact) mass is 437 g/mol. The van der Waals surface area contributed by atoms with Crippen molar-refractivity contribution in [3.63, 3.8) is 0 Å². The Morgan fingerprint density at radius 1 is 0.871 bits per heavy atom. The quantitative estimate of drug-likeness (QED) is 0.583. The first-order valence-corrected chi connectivity index (χ1v) is 10.2. The highest BCUT2D eigenvalue weighted by molar-refractivity contribution is 6.32. The van der Waals surface area contributed by atoms with E-state index in [-0.39, 0.29) is 5.02 Å². The van der Waals surface area contributed by atoms with Gasteiger partial charge in [0.2, 0.25) is 11.8 Å². The number of hydrogen-bond acceptors (Lipinski definition) is 3. The molecule has 0 spiro atoms. The molecule has 1 N–H and O–H groups in total. The van der Waals surface area contributed by atoms with Crippen molar-refractivity contribution in [2.45, 2.75) is 11.5 Å². The molecule has 0 aromatic heterocycles. The molecule has 2 bridgehead atoms. The molecule has 31 heavy (non-hydrogen) atoms. The summed E-state index contributed by atoms with van der Waals surface area (Å²) in [6, 6.07) is 15.3. The number of para-hydroxylation sites is 1. The number of rotatable bonds is 1. The number of aliphatic hydroxyl groups is 1. The summed E-state index contributed by atoms with van der Waals surface area (Å²) in [4.78, 5) is 27.6. The highest BCUT2D eigenvalue weighted by Crippen LogP contribution is 2.64. The number of benzene rings is 3. The van der Waals surface area contributed by atoms with Gasteiger partial charge in [0.05, 0.1) is 11.8 Å².